The third kappa shape index (κ3) is 2.69. The zero-order chi connectivity index (χ0) is 12.4. The first kappa shape index (κ1) is 13.4. The average molecular weight is 351 g/mol. The molecular formula is C12H10BrCl2NS. The van der Waals surface area contributed by atoms with Crippen LogP contribution >= 0.6 is 50.5 Å². The van der Waals surface area contributed by atoms with E-state index in [1.807, 2.05) is 19.2 Å². The maximum absolute atomic E-state index is 6.25. The minimum Gasteiger partial charge on any atom is -0.309 e. The van der Waals surface area contributed by atoms with Crippen molar-refractivity contribution in [3.63, 3.8) is 0 Å². The predicted molar refractivity (Wildman–Crippen MR) is 79.4 cm³/mol. The van der Waals surface area contributed by atoms with Crippen LogP contribution in [-0.4, -0.2) is 7.05 Å². The smallest absolute Gasteiger partial charge is 0.0643 e. The van der Waals surface area contributed by atoms with Crippen LogP contribution in [0, 0.1) is 0 Å². The van der Waals surface area contributed by atoms with E-state index in [4.69, 9.17) is 23.2 Å². The maximum Gasteiger partial charge on any atom is 0.0643 e. The third-order valence-corrected chi connectivity index (χ3v) is 5.12. The van der Waals surface area contributed by atoms with Gasteiger partial charge in [-0.1, -0.05) is 35.3 Å². The number of benzene rings is 1. The van der Waals surface area contributed by atoms with Gasteiger partial charge in [0.2, 0.25) is 0 Å². The van der Waals surface area contributed by atoms with E-state index in [9.17, 15) is 0 Å². The monoisotopic (exact) mass is 349 g/mol. The van der Waals surface area contributed by atoms with Gasteiger partial charge in [-0.15, -0.1) is 0 Å². The first-order chi connectivity index (χ1) is 8.15. The average Bonchev–Trinajstić information content (AvgIpc) is 2.72. The molecule has 1 aromatic carbocycles. The molecule has 0 bridgehead atoms. The Morgan fingerprint density at radius 1 is 1.24 bits per heavy atom. The molecule has 2 aromatic rings. The number of thiophene rings is 1. The minimum atomic E-state index is 0.0434. The van der Waals surface area contributed by atoms with Crippen molar-refractivity contribution >= 4 is 50.5 Å². The van der Waals surface area contributed by atoms with Crippen LogP contribution in [0.1, 0.15) is 17.2 Å². The van der Waals surface area contributed by atoms with Crippen LogP contribution < -0.4 is 5.32 Å². The number of hydrogen-bond acceptors (Lipinski definition) is 2. The predicted octanol–water partition coefficient (Wildman–Crippen LogP) is 5.13. The van der Waals surface area contributed by atoms with Gasteiger partial charge in [-0.3, -0.25) is 0 Å². The number of halogens is 3. The second kappa shape index (κ2) is 5.72. The maximum atomic E-state index is 6.25. The molecule has 0 radical (unpaired) electrons. The van der Waals surface area contributed by atoms with E-state index >= 15 is 0 Å². The zero-order valence-electron chi connectivity index (χ0n) is 9.01. The Morgan fingerprint density at radius 3 is 2.59 bits per heavy atom. The summed E-state index contributed by atoms with van der Waals surface area (Å²) in [5.41, 5.74) is 2.16. The van der Waals surface area contributed by atoms with Gasteiger partial charge in [0.1, 0.15) is 0 Å². The van der Waals surface area contributed by atoms with Crippen LogP contribution in [0.2, 0.25) is 10.0 Å². The molecule has 0 saturated heterocycles. The van der Waals surface area contributed by atoms with Crippen molar-refractivity contribution in [2.75, 3.05) is 7.05 Å². The van der Waals surface area contributed by atoms with Crippen molar-refractivity contribution in [1.82, 2.24) is 5.32 Å². The fraction of sp³-hybridized carbons (Fsp3) is 0.167. The lowest BCUT2D eigenvalue weighted by molar-refractivity contribution is 0.692. The van der Waals surface area contributed by atoms with E-state index in [1.165, 1.54) is 5.56 Å². The fourth-order valence-electron chi connectivity index (χ4n) is 1.72. The quantitative estimate of drug-likeness (QED) is 0.809. The zero-order valence-corrected chi connectivity index (χ0v) is 12.9. The highest BCUT2D eigenvalue weighted by atomic mass is 79.9. The number of nitrogens with one attached hydrogen (secondary N) is 1. The van der Waals surface area contributed by atoms with Crippen molar-refractivity contribution in [2.45, 2.75) is 6.04 Å². The molecule has 1 heterocycles. The van der Waals surface area contributed by atoms with E-state index < -0.39 is 0 Å². The molecule has 0 aliphatic rings. The Kier molecular flexibility index (Phi) is 4.50. The number of rotatable bonds is 3. The molecule has 5 heteroatoms. The largest absolute Gasteiger partial charge is 0.309 e. The van der Waals surface area contributed by atoms with Gasteiger partial charge < -0.3 is 5.32 Å². The van der Waals surface area contributed by atoms with Crippen molar-refractivity contribution in [2.24, 2.45) is 0 Å². The summed E-state index contributed by atoms with van der Waals surface area (Å²) in [7, 11) is 1.91. The lowest BCUT2D eigenvalue weighted by Gasteiger charge is -2.18. The summed E-state index contributed by atoms with van der Waals surface area (Å²) < 4.78 is 1.08. The summed E-state index contributed by atoms with van der Waals surface area (Å²) in [6.45, 7) is 0. The molecule has 1 nitrogen and oxygen atoms in total. The molecule has 1 aromatic heterocycles. The fourth-order valence-corrected chi connectivity index (χ4v) is 3.69. The molecule has 0 amide bonds. The minimum absolute atomic E-state index is 0.0434. The Hall–Kier alpha value is -0.0600. The normalized spacial score (nSPS) is 12.7. The molecule has 0 saturated carbocycles. The SMILES string of the molecule is CNC(c1cscc1Br)c1cccc(Cl)c1Cl. The molecule has 2 rings (SSSR count). The molecule has 1 atom stereocenters. The van der Waals surface area contributed by atoms with E-state index in [0.29, 0.717) is 10.0 Å². The van der Waals surface area contributed by atoms with Crippen LogP contribution in [0.5, 0.6) is 0 Å². The van der Waals surface area contributed by atoms with Gasteiger partial charge >= 0.3 is 0 Å². The summed E-state index contributed by atoms with van der Waals surface area (Å²) in [6.07, 6.45) is 0. The highest BCUT2D eigenvalue weighted by Gasteiger charge is 2.19. The lowest BCUT2D eigenvalue weighted by Crippen LogP contribution is -2.17. The van der Waals surface area contributed by atoms with Gasteiger partial charge in [0.25, 0.3) is 0 Å². The van der Waals surface area contributed by atoms with Gasteiger partial charge in [-0.2, -0.15) is 11.3 Å². The summed E-state index contributed by atoms with van der Waals surface area (Å²) >= 11 is 17.5. The van der Waals surface area contributed by atoms with Crippen molar-refractivity contribution in [1.29, 1.82) is 0 Å². The van der Waals surface area contributed by atoms with Crippen LogP contribution in [0.15, 0.2) is 33.4 Å². The van der Waals surface area contributed by atoms with Crippen LogP contribution in [0.25, 0.3) is 0 Å². The Labute approximate surface area is 123 Å². The third-order valence-electron chi connectivity index (χ3n) is 2.53. The molecule has 17 heavy (non-hydrogen) atoms. The van der Waals surface area contributed by atoms with Crippen molar-refractivity contribution in [3.05, 3.63) is 54.6 Å². The summed E-state index contributed by atoms with van der Waals surface area (Å²) in [6, 6.07) is 5.73. The molecule has 0 spiro atoms. The van der Waals surface area contributed by atoms with E-state index in [0.717, 1.165) is 10.0 Å². The Morgan fingerprint density at radius 2 is 2.00 bits per heavy atom. The Bertz CT molecular complexity index is 527. The molecule has 90 valence electrons. The van der Waals surface area contributed by atoms with Crippen molar-refractivity contribution < 1.29 is 0 Å². The molecule has 0 fully saturated rings. The topological polar surface area (TPSA) is 12.0 Å². The van der Waals surface area contributed by atoms with Gasteiger partial charge in [0, 0.05) is 9.85 Å². The summed E-state index contributed by atoms with van der Waals surface area (Å²) in [4.78, 5) is 0. The molecule has 0 aliphatic heterocycles. The second-order valence-electron chi connectivity index (χ2n) is 3.54. The van der Waals surface area contributed by atoms with Crippen molar-refractivity contribution in [3.8, 4) is 0 Å². The first-order valence-corrected chi connectivity index (χ1v) is 7.47. The highest BCUT2D eigenvalue weighted by molar-refractivity contribution is 9.10. The van der Waals surface area contributed by atoms with E-state index in [-0.39, 0.29) is 6.04 Å². The van der Waals surface area contributed by atoms with Gasteiger partial charge in [0.05, 0.1) is 16.1 Å². The summed E-state index contributed by atoms with van der Waals surface area (Å²) in [5.74, 6) is 0. The van der Waals surface area contributed by atoms with E-state index in [2.05, 4.69) is 32.0 Å². The van der Waals surface area contributed by atoms with Gasteiger partial charge in [-0.25, -0.2) is 0 Å². The Balaban J connectivity index is 2.50. The lowest BCUT2D eigenvalue weighted by atomic mass is 10.0. The molecule has 1 unspecified atom stereocenters. The first-order valence-electron chi connectivity index (χ1n) is 4.98. The highest BCUT2D eigenvalue weighted by Crippen LogP contribution is 2.36. The number of hydrogen-bond donors (Lipinski definition) is 1. The molecular weight excluding hydrogens is 341 g/mol. The van der Waals surface area contributed by atoms with Crippen LogP contribution in [0.3, 0.4) is 0 Å². The molecule has 1 N–H and O–H groups in total. The van der Waals surface area contributed by atoms with Crippen LogP contribution in [-0.2, 0) is 0 Å². The molecule has 0 aliphatic carbocycles. The van der Waals surface area contributed by atoms with Gasteiger partial charge in [-0.05, 0) is 45.6 Å². The van der Waals surface area contributed by atoms with E-state index in [1.54, 1.807) is 17.4 Å². The summed E-state index contributed by atoms with van der Waals surface area (Å²) in [5, 5.41) is 8.60. The second-order valence-corrected chi connectivity index (χ2v) is 5.92. The van der Waals surface area contributed by atoms with Gasteiger partial charge in [0.15, 0.2) is 0 Å². The standard InChI is InChI=1S/C12H10BrCl2NS/c1-16-12(8-5-17-6-9(8)13)7-3-2-4-10(14)11(7)15/h2-6,12,16H,1H3. The van der Waals surface area contributed by atoms with Crippen LogP contribution in [0.4, 0.5) is 0 Å².